The number of benzene rings is 1. The normalized spacial score (nSPS) is 16.9. The summed E-state index contributed by atoms with van der Waals surface area (Å²) in [6.45, 7) is 6.70. The largest absolute Gasteiger partial charge is 0.368 e. The molecule has 1 aliphatic heterocycles. The summed E-state index contributed by atoms with van der Waals surface area (Å²) < 4.78 is 2.45. The van der Waals surface area contributed by atoms with Gasteiger partial charge < -0.3 is 15.1 Å². The molecule has 1 saturated carbocycles. The number of amides is 1. The number of nitrogens with one attached hydrogen (secondary N) is 1. The van der Waals surface area contributed by atoms with E-state index in [9.17, 15) is 9.59 Å². The van der Waals surface area contributed by atoms with Gasteiger partial charge in [0, 0.05) is 62.1 Å². The third kappa shape index (κ3) is 4.29. The molecule has 0 atom stereocenters. The molecule has 1 amide bonds. The van der Waals surface area contributed by atoms with Gasteiger partial charge in [-0.15, -0.1) is 0 Å². The summed E-state index contributed by atoms with van der Waals surface area (Å²) in [5, 5.41) is 4.19. The minimum atomic E-state index is -0.0178. The highest BCUT2D eigenvalue weighted by Crippen LogP contribution is 2.33. The average Bonchev–Trinajstić information content (AvgIpc) is 3.38. The van der Waals surface area contributed by atoms with Crippen LogP contribution in [0.2, 0.25) is 0 Å². The highest BCUT2D eigenvalue weighted by Gasteiger charge is 2.24. The molecule has 3 heterocycles. The van der Waals surface area contributed by atoms with E-state index in [0.29, 0.717) is 16.1 Å². The lowest BCUT2D eigenvalue weighted by Crippen LogP contribution is -2.48. The fourth-order valence-corrected chi connectivity index (χ4v) is 5.43. The molecule has 34 heavy (non-hydrogen) atoms. The molecule has 0 bridgehead atoms. The van der Waals surface area contributed by atoms with Crippen molar-refractivity contribution in [3.63, 3.8) is 0 Å². The Labute approximate surface area is 207 Å². The first-order valence-corrected chi connectivity index (χ1v) is 12.7. The Hall–Kier alpha value is -2.94. The van der Waals surface area contributed by atoms with Crippen molar-refractivity contribution in [3.8, 4) is 0 Å². The van der Waals surface area contributed by atoms with Crippen molar-refractivity contribution in [1.29, 1.82) is 0 Å². The van der Waals surface area contributed by atoms with Crippen LogP contribution in [0.4, 0.5) is 17.3 Å². The monoisotopic (exact) mass is 524 g/mol. The lowest BCUT2D eigenvalue weighted by molar-refractivity contribution is -0.129. The van der Waals surface area contributed by atoms with Gasteiger partial charge >= 0.3 is 0 Å². The fourth-order valence-electron chi connectivity index (χ4n) is 5.03. The number of aryl methyl sites for hydroxylation is 1. The first-order valence-electron chi connectivity index (χ1n) is 11.9. The Morgan fingerprint density at radius 3 is 2.41 bits per heavy atom. The van der Waals surface area contributed by atoms with Gasteiger partial charge in [0.1, 0.15) is 5.65 Å². The molecule has 0 spiro atoms. The Balaban J connectivity index is 1.39. The lowest BCUT2D eigenvalue weighted by Gasteiger charge is -2.35. The van der Waals surface area contributed by atoms with Crippen molar-refractivity contribution in [1.82, 2.24) is 19.4 Å². The van der Waals surface area contributed by atoms with Crippen LogP contribution in [0.5, 0.6) is 0 Å². The predicted octanol–water partition coefficient (Wildman–Crippen LogP) is 4.39. The maximum Gasteiger partial charge on any atom is 0.267 e. The second kappa shape index (κ2) is 9.37. The molecule has 3 aromatic rings. The van der Waals surface area contributed by atoms with Crippen LogP contribution >= 0.6 is 15.9 Å². The minimum Gasteiger partial charge on any atom is -0.368 e. The van der Waals surface area contributed by atoms with Gasteiger partial charge in [-0.3, -0.25) is 14.2 Å². The van der Waals surface area contributed by atoms with Crippen molar-refractivity contribution >= 4 is 50.2 Å². The third-order valence-electron chi connectivity index (χ3n) is 7.04. The van der Waals surface area contributed by atoms with Crippen LogP contribution < -0.4 is 15.8 Å². The number of carbonyl (C=O) groups excluding carboxylic acids is 1. The molecule has 1 N–H and O–H groups in total. The molecule has 2 aliphatic rings. The van der Waals surface area contributed by atoms with Crippen molar-refractivity contribution in [2.75, 3.05) is 36.4 Å². The van der Waals surface area contributed by atoms with Crippen LogP contribution in [0, 0.1) is 6.92 Å². The van der Waals surface area contributed by atoms with E-state index >= 15 is 0 Å². The summed E-state index contributed by atoms with van der Waals surface area (Å²) in [6, 6.07) is 8.34. The number of fused-ring (bicyclic) bond motifs is 1. The summed E-state index contributed by atoms with van der Waals surface area (Å²) in [4.78, 5) is 38.2. The summed E-state index contributed by atoms with van der Waals surface area (Å²) in [5.74, 6) is 0.610. The summed E-state index contributed by atoms with van der Waals surface area (Å²) >= 11 is 3.49. The van der Waals surface area contributed by atoms with E-state index in [1.54, 1.807) is 13.1 Å². The van der Waals surface area contributed by atoms with Crippen LogP contribution in [0.25, 0.3) is 11.0 Å². The van der Waals surface area contributed by atoms with E-state index < -0.39 is 0 Å². The van der Waals surface area contributed by atoms with Crippen LogP contribution in [-0.4, -0.2) is 51.5 Å². The molecule has 8 nitrogen and oxygen atoms in total. The topological polar surface area (TPSA) is 83.4 Å². The van der Waals surface area contributed by atoms with Gasteiger partial charge in [0.25, 0.3) is 5.56 Å². The Morgan fingerprint density at radius 1 is 1.09 bits per heavy atom. The number of nitrogens with zero attached hydrogens (tertiary/aromatic N) is 5. The Bertz CT molecular complexity index is 1280. The lowest BCUT2D eigenvalue weighted by atomic mass is 10.1. The Kier molecular flexibility index (Phi) is 6.29. The van der Waals surface area contributed by atoms with E-state index in [0.717, 1.165) is 74.2 Å². The van der Waals surface area contributed by atoms with Gasteiger partial charge in [0.15, 0.2) is 0 Å². The SMILES string of the molecule is CC(=O)N1CCN(c2ccc(Nc3ncc4c(C)c(Br)c(=O)n(C5CCCC5)c4n3)cc2)CC1. The molecule has 2 fully saturated rings. The maximum absolute atomic E-state index is 13.1. The van der Waals surface area contributed by atoms with E-state index in [1.165, 1.54) is 0 Å². The van der Waals surface area contributed by atoms with Crippen molar-refractivity contribution in [3.05, 3.63) is 50.9 Å². The van der Waals surface area contributed by atoms with E-state index in [2.05, 4.69) is 43.3 Å². The molecule has 2 aromatic heterocycles. The quantitative estimate of drug-likeness (QED) is 0.544. The molecule has 1 aromatic carbocycles. The number of piperazine rings is 1. The van der Waals surface area contributed by atoms with Gasteiger partial charge in [-0.25, -0.2) is 4.98 Å². The highest BCUT2D eigenvalue weighted by atomic mass is 79.9. The molecule has 1 aliphatic carbocycles. The highest BCUT2D eigenvalue weighted by molar-refractivity contribution is 9.10. The molecule has 5 rings (SSSR count). The van der Waals surface area contributed by atoms with Crippen molar-refractivity contribution in [2.45, 2.75) is 45.6 Å². The number of anilines is 3. The van der Waals surface area contributed by atoms with Gasteiger partial charge in [0.05, 0.1) is 4.47 Å². The molecular formula is C25H29BrN6O2. The number of hydrogen-bond donors (Lipinski definition) is 1. The first kappa shape index (κ1) is 22.8. The summed E-state index contributed by atoms with van der Waals surface area (Å²) in [7, 11) is 0. The van der Waals surface area contributed by atoms with Gasteiger partial charge in [-0.2, -0.15) is 4.98 Å². The van der Waals surface area contributed by atoms with Crippen LogP contribution in [-0.2, 0) is 4.79 Å². The van der Waals surface area contributed by atoms with Gasteiger partial charge in [-0.1, -0.05) is 12.8 Å². The third-order valence-corrected chi connectivity index (χ3v) is 7.97. The predicted molar refractivity (Wildman–Crippen MR) is 138 cm³/mol. The Morgan fingerprint density at radius 2 is 1.76 bits per heavy atom. The second-order valence-corrected chi connectivity index (χ2v) is 9.94. The molecule has 1 saturated heterocycles. The summed E-state index contributed by atoms with van der Waals surface area (Å²) in [6.07, 6.45) is 6.07. The standard InChI is InChI=1S/C25H29BrN6O2/c1-16-21-15-27-25(29-23(21)32(24(34)22(16)26)20-5-3-4-6-20)28-18-7-9-19(10-8-18)31-13-11-30(12-14-31)17(2)33/h7-10,15,20H,3-6,11-14H2,1-2H3,(H,27,28,29). The van der Waals surface area contributed by atoms with E-state index in [-0.39, 0.29) is 17.5 Å². The van der Waals surface area contributed by atoms with Gasteiger partial charge in [0.2, 0.25) is 11.9 Å². The van der Waals surface area contributed by atoms with E-state index in [1.807, 2.05) is 28.5 Å². The van der Waals surface area contributed by atoms with Crippen LogP contribution in [0.3, 0.4) is 0 Å². The van der Waals surface area contributed by atoms with Crippen LogP contribution in [0.15, 0.2) is 39.7 Å². The number of pyridine rings is 1. The molecule has 0 unspecified atom stereocenters. The van der Waals surface area contributed by atoms with E-state index in [4.69, 9.17) is 4.98 Å². The fraction of sp³-hybridized carbons (Fsp3) is 0.440. The first-order chi connectivity index (χ1) is 16.4. The zero-order chi connectivity index (χ0) is 23.8. The zero-order valence-corrected chi connectivity index (χ0v) is 21.1. The molecule has 0 radical (unpaired) electrons. The van der Waals surface area contributed by atoms with Crippen molar-refractivity contribution in [2.24, 2.45) is 0 Å². The number of halogens is 1. The number of rotatable bonds is 4. The number of carbonyl (C=O) groups is 1. The van der Waals surface area contributed by atoms with Crippen LogP contribution in [0.1, 0.15) is 44.2 Å². The minimum absolute atomic E-state index is 0.0178. The number of hydrogen-bond acceptors (Lipinski definition) is 6. The summed E-state index contributed by atoms with van der Waals surface area (Å²) in [5.41, 5.74) is 3.55. The van der Waals surface area contributed by atoms with Gasteiger partial charge in [-0.05, 0) is 65.5 Å². The number of aromatic nitrogens is 3. The second-order valence-electron chi connectivity index (χ2n) is 9.15. The van der Waals surface area contributed by atoms with Crippen molar-refractivity contribution < 1.29 is 4.79 Å². The maximum atomic E-state index is 13.1. The molecule has 178 valence electrons. The smallest absolute Gasteiger partial charge is 0.267 e. The average molecular weight is 525 g/mol. The zero-order valence-electron chi connectivity index (χ0n) is 19.6. The molecular weight excluding hydrogens is 496 g/mol. The molecule has 9 heteroatoms.